The predicted molar refractivity (Wildman–Crippen MR) is 128 cm³/mol. The number of anilines is 1. The Morgan fingerprint density at radius 2 is 1.72 bits per heavy atom. The Balaban J connectivity index is 1.70. The average molecular weight is 455 g/mol. The summed E-state index contributed by atoms with van der Waals surface area (Å²) < 4.78 is 0. The minimum Gasteiger partial charge on any atom is -0.383 e. The minimum absolute atomic E-state index is 0.00197. The van der Waals surface area contributed by atoms with Crippen LogP contribution in [0.1, 0.15) is 21.5 Å². The molecule has 0 atom stereocenters. The Morgan fingerprint density at radius 3 is 2.44 bits per heavy atom. The number of rotatable bonds is 5. The smallest absolute Gasteiger partial charge is 0.173 e. The molecule has 4 rings (SSSR count). The number of carbonyl (C=O) groups is 1. The number of benzene rings is 3. The van der Waals surface area contributed by atoms with E-state index in [4.69, 9.17) is 17.3 Å². The van der Waals surface area contributed by atoms with Gasteiger partial charge in [-0.3, -0.25) is 4.79 Å². The van der Waals surface area contributed by atoms with Crippen molar-refractivity contribution in [1.82, 2.24) is 4.98 Å². The molecule has 0 amide bonds. The molecule has 0 aliphatic rings. The third-order valence-electron chi connectivity index (χ3n) is 4.94. The molecule has 0 saturated carbocycles. The standard InChI is InChI=1S/C25H15ClN4OS/c26-19-7-3-6-18(11-19)23-20(12-27)24(29)30-25(21(23)13-28)32-14-22(31)17-9-8-15-4-1-2-5-16(15)10-17/h1-11H,14H2,(H2,29,30). The van der Waals surface area contributed by atoms with E-state index >= 15 is 0 Å². The summed E-state index contributed by atoms with van der Waals surface area (Å²) in [6, 6.07) is 24.3. The number of hydrogen-bond acceptors (Lipinski definition) is 6. The molecule has 32 heavy (non-hydrogen) atoms. The van der Waals surface area contributed by atoms with Crippen molar-refractivity contribution in [3.8, 4) is 23.3 Å². The quantitative estimate of drug-likeness (QED) is 0.299. The molecule has 4 aromatic rings. The SMILES string of the molecule is N#Cc1c(N)nc(SCC(=O)c2ccc3ccccc3c2)c(C#N)c1-c1cccc(Cl)c1. The van der Waals surface area contributed by atoms with Crippen molar-refractivity contribution in [3.63, 3.8) is 0 Å². The molecule has 154 valence electrons. The summed E-state index contributed by atoms with van der Waals surface area (Å²) >= 11 is 7.24. The number of halogens is 1. The number of fused-ring (bicyclic) bond motifs is 1. The molecule has 3 aromatic carbocycles. The van der Waals surface area contributed by atoms with E-state index in [0.717, 1.165) is 22.5 Å². The Labute approximate surface area is 194 Å². The number of hydrogen-bond donors (Lipinski definition) is 1. The molecular formula is C25H15ClN4OS. The van der Waals surface area contributed by atoms with Crippen LogP contribution in [0.25, 0.3) is 21.9 Å². The molecule has 1 aromatic heterocycles. The first-order valence-electron chi connectivity index (χ1n) is 9.56. The highest BCUT2D eigenvalue weighted by atomic mass is 35.5. The first-order chi connectivity index (χ1) is 15.5. The summed E-state index contributed by atoms with van der Waals surface area (Å²) in [6.45, 7) is 0. The molecule has 0 aliphatic heterocycles. The minimum atomic E-state index is -0.0984. The van der Waals surface area contributed by atoms with Gasteiger partial charge in [0.15, 0.2) is 5.78 Å². The highest BCUT2D eigenvalue weighted by Gasteiger charge is 2.21. The summed E-state index contributed by atoms with van der Waals surface area (Å²) in [5.41, 5.74) is 7.86. The topological polar surface area (TPSA) is 104 Å². The summed E-state index contributed by atoms with van der Waals surface area (Å²) in [6.07, 6.45) is 0. The van der Waals surface area contributed by atoms with Crippen molar-refractivity contribution in [3.05, 3.63) is 88.4 Å². The van der Waals surface area contributed by atoms with E-state index in [0.29, 0.717) is 26.7 Å². The molecule has 2 N–H and O–H groups in total. The number of nitrogen functional groups attached to an aromatic ring is 1. The summed E-state index contributed by atoms with van der Waals surface area (Å²) in [4.78, 5) is 17.1. The fourth-order valence-corrected chi connectivity index (χ4v) is 4.49. The van der Waals surface area contributed by atoms with Crippen LogP contribution in [0.15, 0.2) is 71.8 Å². The van der Waals surface area contributed by atoms with Gasteiger partial charge in [0.05, 0.1) is 11.3 Å². The van der Waals surface area contributed by atoms with E-state index in [1.54, 1.807) is 30.3 Å². The second kappa shape index (κ2) is 9.11. The number of carbonyl (C=O) groups excluding carboxylic acids is 1. The number of pyridine rings is 1. The highest BCUT2D eigenvalue weighted by molar-refractivity contribution is 8.00. The van der Waals surface area contributed by atoms with Gasteiger partial charge in [-0.1, -0.05) is 71.9 Å². The summed E-state index contributed by atoms with van der Waals surface area (Å²) in [5.74, 6) is -0.0267. The van der Waals surface area contributed by atoms with Gasteiger partial charge in [0, 0.05) is 16.1 Å². The second-order valence-electron chi connectivity index (χ2n) is 6.93. The Morgan fingerprint density at radius 1 is 0.969 bits per heavy atom. The van der Waals surface area contributed by atoms with Crippen LogP contribution in [0.3, 0.4) is 0 Å². The van der Waals surface area contributed by atoms with Crippen molar-refractivity contribution < 1.29 is 4.79 Å². The van der Waals surface area contributed by atoms with E-state index in [1.165, 1.54) is 0 Å². The number of Topliss-reactive ketones (excluding diaryl/α,β-unsaturated/α-hetero) is 1. The molecule has 0 bridgehead atoms. The number of nitriles is 2. The predicted octanol–water partition coefficient (Wildman–Crippen LogP) is 5.86. The van der Waals surface area contributed by atoms with Crippen LogP contribution < -0.4 is 5.73 Å². The van der Waals surface area contributed by atoms with Crippen LogP contribution in [0.4, 0.5) is 5.82 Å². The third kappa shape index (κ3) is 4.15. The van der Waals surface area contributed by atoms with Crippen LogP contribution >= 0.6 is 23.4 Å². The zero-order valence-corrected chi connectivity index (χ0v) is 18.2. The van der Waals surface area contributed by atoms with Gasteiger partial charge < -0.3 is 5.73 Å². The largest absolute Gasteiger partial charge is 0.383 e. The van der Waals surface area contributed by atoms with E-state index < -0.39 is 0 Å². The van der Waals surface area contributed by atoms with Gasteiger partial charge in [0.1, 0.15) is 28.5 Å². The lowest BCUT2D eigenvalue weighted by Gasteiger charge is -2.13. The van der Waals surface area contributed by atoms with E-state index in [9.17, 15) is 15.3 Å². The molecule has 1 heterocycles. The zero-order valence-electron chi connectivity index (χ0n) is 16.7. The third-order valence-corrected chi connectivity index (χ3v) is 6.15. The Kier molecular flexibility index (Phi) is 6.09. The van der Waals surface area contributed by atoms with Crippen LogP contribution in [-0.2, 0) is 0 Å². The van der Waals surface area contributed by atoms with Crippen molar-refractivity contribution in [2.75, 3.05) is 11.5 Å². The van der Waals surface area contributed by atoms with Gasteiger partial charge >= 0.3 is 0 Å². The molecule has 7 heteroatoms. The number of ketones is 1. The summed E-state index contributed by atoms with van der Waals surface area (Å²) in [7, 11) is 0. The lowest BCUT2D eigenvalue weighted by molar-refractivity contribution is 0.102. The fraction of sp³-hybridized carbons (Fsp3) is 0.0400. The van der Waals surface area contributed by atoms with Gasteiger partial charge in [-0.05, 0) is 34.5 Å². The van der Waals surface area contributed by atoms with E-state index in [-0.39, 0.29) is 28.5 Å². The Bertz CT molecular complexity index is 1450. The molecular weight excluding hydrogens is 440 g/mol. The molecule has 0 fully saturated rings. The van der Waals surface area contributed by atoms with Gasteiger partial charge in [-0.2, -0.15) is 10.5 Å². The molecule has 0 radical (unpaired) electrons. The molecule has 0 unspecified atom stereocenters. The lowest BCUT2D eigenvalue weighted by Crippen LogP contribution is -2.06. The lowest BCUT2D eigenvalue weighted by atomic mass is 9.97. The van der Waals surface area contributed by atoms with Gasteiger partial charge in [0.25, 0.3) is 0 Å². The van der Waals surface area contributed by atoms with E-state index in [1.807, 2.05) is 42.5 Å². The zero-order chi connectivity index (χ0) is 22.7. The summed E-state index contributed by atoms with van der Waals surface area (Å²) in [5, 5.41) is 22.3. The molecule has 0 spiro atoms. The monoisotopic (exact) mass is 454 g/mol. The first-order valence-corrected chi connectivity index (χ1v) is 10.9. The van der Waals surface area contributed by atoms with Crippen LogP contribution in [-0.4, -0.2) is 16.5 Å². The normalized spacial score (nSPS) is 10.5. The number of aromatic nitrogens is 1. The maximum absolute atomic E-state index is 12.8. The molecule has 5 nitrogen and oxygen atoms in total. The first kappa shape index (κ1) is 21.4. The van der Waals surface area contributed by atoms with Crippen molar-refractivity contribution in [2.24, 2.45) is 0 Å². The van der Waals surface area contributed by atoms with Crippen molar-refractivity contribution in [2.45, 2.75) is 5.03 Å². The number of nitrogens with two attached hydrogens (primary N) is 1. The maximum Gasteiger partial charge on any atom is 0.173 e. The molecule has 0 aliphatic carbocycles. The van der Waals surface area contributed by atoms with Crippen LogP contribution in [0.2, 0.25) is 5.02 Å². The van der Waals surface area contributed by atoms with E-state index in [2.05, 4.69) is 11.1 Å². The maximum atomic E-state index is 12.8. The highest BCUT2D eigenvalue weighted by Crippen LogP contribution is 2.36. The van der Waals surface area contributed by atoms with Crippen LogP contribution in [0.5, 0.6) is 0 Å². The Hall–Kier alpha value is -3.84. The van der Waals surface area contributed by atoms with Crippen molar-refractivity contribution >= 4 is 45.7 Å². The van der Waals surface area contributed by atoms with Crippen LogP contribution in [0, 0.1) is 22.7 Å². The van der Waals surface area contributed by atoms with Gasteiger partial charge in [-0.25, -0.2) is 4.98 Å². The molecule has 0 saturated heterocycles. The van der Waals surface area contributed by atoms with Gasteiger partial charge in [-0.15, -0.1) is 0 Å². The van der Waals surface area contributed by atoms with Crippen molar-refractivity contribution in [1.29, 1.82) is 10.5 Å². The number of nitrogens with zero attached hydrogens (tertiary/aromatic N) is 3. The fourth-order valence-electron chi connectivity index (χ4n) is 3.42. The van der Waals surface area contributed by atoms with Gasteiger partial charge in [0.2, 0.25) is 0 Å². The average Bonchev–Trinajstić information content (AvgIpc) is 2.81. The number of thioether (sulfide) groups is 1. The second-order valence-corrected chi connectivity index (χ2v) is 8.34.